The van der Waals surface area contributed by atoms with Gasteiger partial charge in [0, 0.05) is 13.1 Å². The Hall–Kier alpha value is -3.07. The molecule has 1 N–H and O–H groups in total. The lowest BCUT2D eigenvalue weighted by atomic mass is 10.1. The maximum absolute atomic E-state index is 14.1. The molecule has 0 unspecified atom stereocenters. The molecule has 3 aromatic carbocycles. The maximum Gasteiger partial charge on any atom is 0.264 e. The zero-order chi connectivity index (χ0) is 30.2. The maximum atomic E-state index is 14.1. The van der Waals surface area contributed by atoms with Crippen molar-refractivity contribution < 1.29 is 18.0 Å². The lowest BCUT2D eigenvalue weighted by Crippen LogP contribution is -2.52. The first-order valence-electron chi connectivity index (χ1n) is 13.7. The number of benzene rings is 3. The molecule has 3 aromatic rings. The molecule has 1 atom stereocenters. The van der Waals surface area contributed by atoms with Gasteiger partial charge in [-0.3, -0.25) is 13.9 Å². The van der Waals surface area contributed by atoms with Crippen molar-refractivity contribution in [2.24, 2.45) is 0 Å². The van der Waals surface area contributed by atoms with Crippen molar-refractivity contribution in [3.63, 3.8) is 0 Å². The van der Waals surface area contributed by atoms with E-state index in [1.165, 1.54) is 23.1 Å². The van der Waals surface area contributed by atoms with E-state index in [1.807, 2.05) is 52.0 Å². The molecule has 0 aromatic heterocycles. The molecule has 10 heteroatoms. The quantitative estimate of drug-likeness (QED) is 0.221. The van der Waals surface area contributed by atoms with Crippen molar-refractivity contribution >= 4 is 50.7 Å². The lowest BCUT2D eigenvalue weighted by molar-refractivity contribution is -0.140. The number of hydrogen-bond acceptors (Lipinski definition) is 4. The highest BCUT2D eigenvalue weighted by molar-refractivity contribution is 7.92. The Kier molecular flexibility index (Phi) is 11.6. The van der Waals surface area contributed by atoms with Crippen LogP contribution in [0.2, 0.25) is 10.0 Å². The van der Waals surface area contributed by atoms with Gasteiger partial charge in [-0.1, -0.05) is 97.1 Å². The van der Waals surface area contributed by atoms with Crippen LogP contribution in [0.15, 0.2) is 71.6 Å². The number of unbranched alkanes of at least 4 members (excludes halogenated alkanes) is 1. The number of hydrogen-bond donors (Lipinski definition) is 1. The van der Waals surface area contributed by atoms with Gasteiger partial charge in [0.1, 0.15) is 12.6 Å². The third-order valence-electron chi connectivity index (χ3n) is 6.74. The third kappa shape index (κ3) is 8.24. The average molecular weight is 619 g/mol. The normalized spacial score (nSPS) is 12.0. The molecule has 7 nitrogen and oxygen atoms in total. The van der Waals surface area contributed by atoms with E-state index in [9.17, 15) is 18.0 Å². The first-order chi connectivity index (χ1) is 19.5. The van der Waals surface area contributed by atoms with Gasteiger partial charge in [0.2, 0.25) is 11.8 Å². The number of nitrogens with zero attached hydrogens (tertiary/aromatic N) is 2. The van der Waals surface area contributed by atoms with E-state index < -0.39 is 28.5 Å². The molecule has 41 heavy (non-hydrogen) atoms. The van der Waals surface area contributed by atoms with Crippen LogP contribution in [0.3, 0.4) is 0 Å². The summed E-state index contributed by atoms with van der Waals surface area (Å²) in [6, 6.07) is 17.8. The Labute approximate surface area is 253 Å². The highest BCUT2D eigenvalue weighted by atomic mass is 35.5. The summed E-state index contributed by atoms with van der Waals surface area (Å²) in [5.74, 6) is -0.827. The Morgan fingerprint density at radius 1 is 0.927 bits per heavy atom. The summed E-state index contributed by atoms with van der Waals surface area (Å²) in [7, 11) is -4.25. The number of carbonyl (C=O) groups is 2. The van der Waals surface area contributed by atoms with Crippen molar-refractivity contribution in [1.29, 1.82) is 0 Å². The van der Waals surface area contributed by atoms with Crippen molar-refractivity contribution in [2.45, 2.75) is 64.4 Å². The molecule has 0 bridgehead atoms. The highest BCUT2D eigenvalue weighted by Crippen LogP contribution is 2.35. The number of nitrogens with one attached hydrogen (secondary N) is 1. The summed E-state index contributed by atoms with van der Waals surface area (Å²) in [6.45, 7) is 7.69. The second-order valence-corrected chi connectivity index (χ2v) is 12.6. The fraction of sp³-hybridized carbons (Fsp3) is 0.355. The second-order valence-electron chi connectivity index (χ2n) is 9.98. The van der Waals surface area contributed by atoms with Gasteiger partial charge in [0.15, 0.2) is 0 Å². The SMILES string of the molecule is CCCCNC(=O)[C@@H](CC)N(Cc1cccc(C)c1)C(=O)CN(c1cccc(Cl)c1Cl)S(=O)(=O)c1ccc(C)cc1. The minimum Gasteiger partial charge on any atom is -0.354 e. The molecule has 0 heterocycles. The number of halogens is 2. The van der Waals surface area contributed by atoms with Gasteiger partial charge in [-0.15, -0.1) is 0 Å². The first-order valence-corrected chi connectivity index (χ1v) is 15.8. The van der Waals surface area contributed by atoms with Crippen molar-refractivity contribution in [2.75, 3.05) is 17.4 Å². The summed E-state index contributed by atoms with van der Waals surface area (Å²) in [4.78, 5) is 28.9. The summed E-state index contributed by atoms with van der Waals surface area (Å²) in [5.41, 5.74) is 2.79. The third-order valence-corrected chi connectivity index (χ3v) is 9.32. The van der Waals surface area contributed by atoms with Gasteiger partial charge >= 0.3 is 0 Å². The first kappa shape index (κ1) is 32.4. The standard InChI is InChI=1S/C31H37Cl2N3O4S/c1-5-7-18-34-31(38)27(6-2)35(20-24-11-8-10-23(4)19-24)29(37)21-36(28-13-9-12-26(32)30(28)33)41(39,40)25-16-14-22(3)15-17-25/h8-17,19,27H,5-7,18,20-21H2,1-4H3,(H,34,38)/t27-/m1/s1. The van der Waals surface area contributed by atoms with Gasteiger partial charge in [0.05, 0.1) is 20.6 Å². The highest BCUT2D eigenvalue weighted by Gasteiger charge is 2.34. The number of rotatable bonds is 13. The number of sulfonamides is 1. The zero-order valence-corrected chi connectivity index (χ0v) is 26.2. The van der Waals surface area contributed by atoms with Crippen molar-refractivity contribution in [1.82, 2.24) is 10.2 Å². The van der Waals surface area contributed by atoms with Crippen LogP contribution < -0.4 is 9.62 Å². The Morgan fingerprint density at radius 3 is 2.24 bits per heavy atom. The monoisotopic (exact) mass is 617 g/mol. The number of anilines is 1. The largest absolute Gasteiger partial charge is 0.354 e. The smallest absolute Gasteiger partial charge is 0.264 e. The Balaban J connectivity index is 2.08. The molecule has 0 saturated heterocycles. The van der Waals surface area contributed by atoms with E-state index in [-0.39, 0.29) is 33.1 Å². The number of aryl methyl sites for hydroxylation is 2. The molecular weight excluding hydrogens is 581 g/mol. The van der Waals surface area contributed by atoms with Gasteiger partial charge in [-0.2, -0.15) is 0 Å². The predicted molar refractivity (Wildman–Crippen MR) is 166 cm³/mol. The molecule has 0 aliphatic rings. The van der Waals surface area contributed by atoms with E-state index in [0.29, 0.717) is 13.0 Å². The van der Waals surface area contributed by atoms with E-state index in [2.05, 4.69) is 5.32 Å². The number of amides is 2. The molecule has 0 saturated carbocycles. The molecule has 0 radical (unpaired) electrons. The van der Waals surface area contributed by atoms with Crippen molar-refractivity contribution in [3.05, 3.63) is 93.5 Å². The van der Waals surface area contributed by atoms with Crippen LogP contribution in [0.5, 0.6) is 0 Å². The summed E-state index contributed by atoms with van der Waals surface area (Å²) >= 11 is 12.8. The van der Waals surface area contributed by atoms with Crippen LogP contribution in [0.1, 0.15) is 49.8 Å². The van der Waals surface area contributed by atoms with Crippen LogP contribution in [0.4, 0.5) is 5.69 Å². The summed E-state index contributed by atoms with van der Waals surface area (Å²) < 4.78 is 29.0. The van der Waals surface area contributed by atoms with Gasteiger partial charge in [-0.05, 0) is 56.5 Å². The fourth-order valence-corrected chi connectivity index (χ4v) is 6.34. The van der Waals surface area contributed by atoms with Crippen LogP contribution in [0, 0.1) is 13.8 Å². The van der Waals surface area contributed by atoms with Crippen molar-refractivity contribution in [3.8, 4) is 0 Å². The van der Waals surface area contributed by atoms with Gasteiger partial charge < -0.3 is 10.2 Å². The molecule has 0 fully saturated rings. The van der Waals surface area contributed by atoms with E-state index in [0.717, 1.165) is 33.8 Å². The second kappa shape index (κ2) is 14.7. The van der Waals surface area contributed by atoms with Crippen LogP contribution in [-0.4, -0.2) is 44.3 Å². The van der Waals surface area contributed by atoms with E-state index in [1.54, 1.807) is 24.3 Å². The van der Waals surface area contributed by atoms with Crippen LogP contribution in [0.25, 0.3) is 0 Å². The molecule has 0 aliphatic heterocycles. The van der Waals surface area contributed by atoms with Crippen LogP contribution >= 0.6 is 23.2 Å². The van der Waals surface area contributed by atoms with Gasteiger partial charge in [0.25, 0.3) is 10.0 Å². The molecule has 3 rings (SSSR count). The summed E-state index contributed by atoms with van der Waals surface area (Å²) in [6.07, 6.45) is 2.07. The Morgan fingerprint density at radius 2 is 1.61 bits per heavy atom. The summed E-state index contributed by atoms with van der Waals surface area (Å²) in [5, 5.41) is 3.09. The molecule has 220 valence electrons. The molecule has 2 amide bonds. The predicted octanol–water partition coefficient (Wildman–Crippen LogP) is 6.53. The minimum absolute atomic E-state index is 0.00141. The average Bonchev–Trinajstić information content (AvgIpc) is 2.93. The van der Waals surface area contributed by atoms with E-state index in [4.69, 9.17) is 23.2 Å². The molecular formula is C31H37Cl2N3O4S. The lowest BCUT2D eigenvalue weighted by Gasteiger charge is -2.33. The number of carbonyl (C=O) groups excluding carboxylic acids is 2. The van der Waals surface area contributed by atoms with E-state index >= 15 is 0 Å². The van der Waals surface area contributed by atoms with Gasteiger partial charge in [-0.25, -0.2) is 8.42 Å². The van der Waals surface area contributed by atoms with Crippen LogP contribution in [-0.2, 0) is 26.2 Å². The topological polar surface area (TPSA) is 86.8 Å². The fourth-order valence-electron chi connectivity index (χ4n) is 4.47. The minimum atomic E-state index is -4.25. The zero-order valence-electron chi connectivity index (χ0n) is 23.9. The molecule has 0 spiro atoms. The molecule has 0 aliphatic carbocycles. The Bertz CT molecular complexity index is 1460.